The molecule has 62 valence electrons. The lowest BCUT2D eigenvalue weighted by molar-refractivity contribution is 0.519. The Morgan fingerprint density at radius 2 is 2.50 bits per heavy atom. The minimum absolute atomic E-state index is 0.608. The highest BCUT2D eigenvalue weighted by Gasteiger charge is 2.01. The largest absolute Gasteiger partial charge is 0.469 e. The van der Waals surface area contributed by atoms with Crippen LogP contribution in [0, 0.1) is 0 Å². The number of thiazole rings is 1. The number of nitrogen functional groups attached to an aromatic ring is 1. The second-order valence-electron chi connectivity index (χ2n) is 2.43. The van der Waals surface area contributed by atoms with Crippen LogP contribution in [0.15, 0.2) is 28.2 Å². The average Bonchev–Trinajstić information content (AvgIpc) is 2.63. The lowest BCUT2D eigenvalue weighted by Gasteiger charge is -1.89. The SMILES string of the molecule is Nc1nc(Cc2ccco2)cs1. The Morgan fingerprint density at radius 3 is 3.08 bits per heavy atom. The van der Waals surface area contributed by atoms with E-state index in [0.717, 1.165) is 17.9 Å². The number of anilines is 1. The highest BCUT2D eigenvalue weighted by Crippen LogP contribution is 2.14. The zero-order chi connectivity index (χ0) is 8.39. The number of nitrogens with zero attached hydrogens (tertiary/aromatic N) is 1. The molecule has 0 aliphatic carbocycles. The molecule has 2 aromatic rings. The van der Waals surface area contributed by atoms with Crippen molar-refractivity contribution in [1.29, 1.82) is 0 Å². The van der Waals surface area contributed by atoms with Crippen molar-refractivity contribution in [1.82, 2.24) is 4.98 Å². The lowest BCUT2D eigenvalue weighted by Crippen LogP contribution is -1.87. The van der Waals surface area contributed by atoms with E-state index >= 15 is 0 Å². The molecule has 12 heavy (non-hydrogen) atoms. The fourth-order valence-corrected chi connectivity index (χ4v) is 1.56. The molecule has 2 heterocycles. The normalized spacial score (nSPS) is 10.3. The Kier molecular flexibility index (Phi) is 1.83. The molecule has 0 atom stereocenters. The van der Waals surface area contributed by atoms with E-state index in [9.17, 15) is 0 Å². The molecule has 0 spiro atoms. The predicted octanol–water partition coefficient (Wildman–Crippen LogP) is 1.91. The van der Waals surface area contributed by atoms with Gasteiger partial charge >= 0.3 is 0 Å². The van der Waals surface area contributed by atoms with Crippen LogP contribution in [0.5, 0.6) is 0 Å². The van der Waals surface area contributed by atoms with Gasteiger partial charge in [-0.2, -0.15) is 0 Å². The summed E-state index contributed by atoms with van der Waals surface area (Å²) in [6, 6.07) is 3.79. The molecule has 4 heteroatoms. The molecule has 0 bridgehead atoms. The van der Waals surface area contributed by atoms with Gasteiger partial charge in [0, 0.05) is 11.8 Å². The minimum Gasteiger partial charge on any atom is -0.469 e. The van der Waals surface area contributed by atoms with Gasteiger partial charge in [-0.25, -0.2) is 4.98 Å². The van der Waals surface area contributed by atoms with Crippen molar-refractivity contribution in [3.05, 3.63) is 35.2 Å². The van der Waals surface area contributed by atoms with Crippen LogP contribution in [0.1, 0.15) is 11.5 Å². The summed E-state index contributed by atoms with van der Waals surface area (Å²) in [7, 11) is 0. The van der Waals surface area contributed by atoms with E-state index in [2.05, 4.69) is 4.98 Å². The van der Waals surface area contributed by atoms with Crippen molar-refractivity contribution in [3.63, 3.8) is 0 Å². The summed E-state index contributed by atoms with van der Waals surface area (Å²) in [5, 5.41) is 2.55. The number of aromatic nitrogens is 1. The molecule has 0 radical (unpaired) electrons. The fraction of sp³-hybridized carbons (Fsp3) is 0.125. The summed E-state index contributed by atoms with van der Waals surface area (Å²) in [6.07, 6.45) is 2.38. The van der Waals surface area contributed by atoms with E-state index in [1.165, 1.54) is 11.3 Å². The molecule has 0 aliphatic rings. The van der Waals surface area contributed by atoms with E-state index < -0.39 is 0 Å². The van der Waals surface area contributed by atoms with Crippen molar-refractivity contribution >= 4 is 16.5 Å². The first-order valence-corrected chi connectivity index (χ1v) is 4.45. The van der Waals surface area contributed by atoms with Crippen LogP contribution in [-0.2, 0) is 6.42 Å². The summed E-state index contributed by atoms with van der Waals surface area (Å²) in [5.74, 6) is 0.917. The standard InChI is InChI=1S/C8H8N2OS/c9-8-10-6(5-12-8)4-7-2-1-3-11-7/h1-3,5H,4H2,(H2,9,10). The molecule has 0 fully saturated rings. The topological polar surface area (TPSA) is 52.0 Å². The minimum atomic E-state index is 0.608. The fourth-order valence-electron chi connectivity index (χ4n) is 0.996. The molecule has 0 amide bonds. The van der Waals surface area contributed by atoms with E-state index in [1.54, 1.807) is 6.26 Å². The zero-order valence-corrected chi connectivity index (χ0v) is 7.17. The molecule has 0 aliphatic heterocycles. The summed E-state index contributed by atoms with van der Waals surface area (Å²) in [4.78, 5) is 4.12. The third-order valence-electron chi connectivity index (χ3n) is 1.50. The molecule has 0 saturated carbocycles. The highest BCUT2D eigenvalue weighted by molar-refractivity contribution is 7.13. The van der Waals surface area contributed by atoms with Gasteiger partial charge in [-0.05, 0) is 12.1 Å². The van der Waals surface area contributed by atoms with Crippen molar-refractivity contribution in [3.8, 4) is 0 Å². The Hall–Kier alpha value is -1.29. The van der Waals surface area contributed by atoms with Gasteiger partial charge in [-0.15, -0.1) is 11.3 Å². The Balaban J connectivity index is 2.14. The number of furan rings is 1. The van der Waals surface area contributed by atoms with Crippen molar-refractivity contribution in [2.45, 2.75) is 6.42 Å². The monoisotopic (exact) mass is 180 g/mol. The first-order valence-electron chi connectivity index (χ1n) is 3.57. The average molecular weight is 180 g/mol. The van der Waals surface area contributed by atoms with Crippen molar-refractivity contribution in [2.24, 2.45) is 0 Å². The third-order valence-corrected chi connectivity index (χ3v) is 2.23. The van der Waals surface area contributed by atoms with Gasteiger partial charge in [0.2, 0.25) is 0 Å². The Morgan fingerprint density at radius 1 is 1.58 bits per heavy atom. The van der Waals surface area contributed by atoms with Gasteiger partial charge in [0.15, 0.2) is 5.13 Å². The quantitative estimate of drug-likeness (QED) is 0.768. The van der Waals surface area contributed by atoms with Crippen LogP contribution in [0.2, 0.25) is 0 Å². The number of rotatable bonds is 2. The molecule has 2 N–H and O–H groups in total. The van der Waals surface area contributed by atoms with Crippen LogP contribution in [-0.4, -0.2) is 4.98 Å². The summed E-state index contributed by atoms with van der Waals surface area (Å²) in [6.45, 7) is 0. The van der Waals surface area contributed by atoms with Crippen LogP contribution in [0.25, 0.3) is 0 Å². The van der Waals surface area contributed by atoms with E-state index in [4.69, 9.17) is 10.2 Å². The molecule has 0 saturated heterocycles. The maximum atomic E-state index is 5.48. The summed E-state index contributed by atoms with van der Waals surface area (Å²) in [5.41, 5.74) is 6.45. The molecule has 0 aromatic carbocycles. The smallest absolute Gasteiger partial charge is 0.180 e. The molecule has 2 rings (SSSR count). The maximum Gasteiger partial charge on any atom is 0.180 e. The maximum absolute atomic E-state index is 5.48. The van der Waals surface area contributed by atoms with Gasteiger partial charge in [0.25, 0.3) is 0 Å². The summed E-state index contributed by atoms with van der Waals surface area (Å²) >= 11 is 1.45. The van der Waals surface area contributed by atoms with Gasteiger partial charge in [0.05, 0.1) is 12.0 Å². The van der Waals surface area contributed by atoms with Crippen LogP contribution >= 0.6 is 11.3 Å². The molecule has 2 aromatic heterocycles. The molecule has 3 nitrogen and oxygen atoms in total. The van der Waals surface area contributed by atoms with Crippen LogP contribution in [0.4, 0.5) is 5.13 Å². The van der Waals surface area contributed by atoms with Gasteiger partial charge in [0.1, 0.15) is 5.76 Å². The second-order valence-corrected chi connectivity index (χ2v) is 3.32. The number of nitrogens with two attached hydrogens (primary N) is 1. The lowest BCUT2D eigenvalue weighted by atomic mass is 10.3. The van der Waals surface area contributed by atoms with Gasteiger partial charge < -0.3 is 10.2 Å². The molecule has 0 unspecified atom stereocenters. The molecular formula is C8H8N2OS. The predicted molar refractivity (Wildman–Crippen MR) is 48.0 cm³/mol. The summed E-state index contributed by atoms with van der Waals surface area (Å²) < 4.78 is 5.17. The number of hydrogen-bond donors (Lipinski definition) is 1. The van der Waals surface area contributed by atoms with Crippen LogP contribution < -0.4 is 5.73 Å². The van der Waals surface area contributed by atoms with E-state index in [1.807, 2.05) is 17.5 Å². The van der Waals surface area contributed by atoms with Gasteiger partial charge in [-0.1, -0.05) is 0 Å². The van der Waals surface area contributed by atoms with E-state index in [0.29, 0.717) is 5.13 Å². The Labute approximate surface area is 73.8 Å². The van der Waals surface area contributed by atoms with Crippen molar-refractivity contribution in [2.75, 3.05) is 5.73 Å². The van der Waals surface area contributed by atoms with Crippen LogP contribution in [0.3, 0.4) is 0 Å². The number of hydrogen-bond acceptors (Lipinski definition) is 4. The first-order chi connectivity index (χ1) is 5.84. The Bertz CT molecular complexity index is 353. The highest BCUT2D eigenvalue weighted by atomic mass is 32.1. The first kappa shape index (κ1) is 7.36. The zero-order valence-electron chi connectivity index (χ0n) is 6.36. The second kappa shape index (κ2) is 2.98. The van der Waals surface area contributed by atoms with Crippen molar-refractivity contribution < 1.29 is 4.42 Å². The van der Waals surface area contributed by atoms with Gasteiger partial charge in [-0.3, -0.25) is 0 Å². The third kappa shape index (κ3) is 1.48. The molecular weight excluding hydrogens is 172 g/mol. The van der Waals surface area contributed by atoms with E-state index in [-0.39, 0.29) is 0 Å².